The maximum Gasteiger partial charge on any atom is 0.241 e. The van der Waals surface area contributed by atoms with Gasteiger partial charge in [0, 0.05) is 24.8 Å². The summed E-state index contributed by atoms with van der Waals surface area (Å²) in [6, 6.07) is 12.3. The van der Waals surface area contributed by atoms with Crippen molar-refractivity contribution in [3.05, 3.63) is 54.1 Å². The first kappa shape index (κ1) is 19.8. The van der Waals surface area contributed by atoms with Crippen molar-refractivity contribution in [2.75, 3.05) is 32.6 Å². The van der Waals surface area contributed by atoms with Crippen LogP contribution >= 0.6 is 0 Å². The van der Waals surface area contributed by atoms with E-state index in [0.717, 1.165) is 18.5 Å². The van der Waals surface area contributed by atoms with E-state index >= 15 is 0 Å². The van der Waals surface area contributed by atoms with Gasteiger partial charge in [-0.2, -0.15) is 0 Å². The van der Waals surface area contributed by atoms with Crippen LogP contribution in [-0.2, 0) is 4.79 Å². The fourth-order valence-corrected chi connectivity index (χ4v) is 3.30. The maximum atomic E-state index is 12.7. The first-order valence-electron chi connectivity index (χ1n) is 9.27. The standard InChI is InChI=1S/C22H26N2O4/c1-15(22(26)23-18-6-9-20(27-2)21(14-18)28-3)24-12-10-17(11-13-24)16-4-7-19(25)8-5-16/h4-10,14-15,25H,11-13H2,1-3H3,(H,23,26). The highest BCUT2D eigenvalue weighted by atomic mass is 16.5. The number of hydrogen-bond donors (Lipinski definition) is 2. The van der Waals surface area contributed by atoms with E-state index in [1.165, 1.54) is 5.57 Å². The smallest absolute Gasteiger partial charge is 0.241 e. The molecule has 0 saturated carbocycles. The second-order valence-electron chi connectivity index (χ2n) is 6.76. The molecule has 0 radical (unpaired) electrons. The number of carbonyl (C=O) groups is 1. The second-order valence-corrected chi connectivity index (χ2v) is 6.76. The summed E-state index contributed by atoms with van der Waals surface area (Å²) >= 11 is 0. The predicted octanol–water partition coefficient (Wildman–Crippen LogP) is 3.53. The monoisotopic (exact) mass is 382 g/mol. The van der Waals surface area contributed by atoms with Crippen LogP contribution in [0.3, 0.4) is 0 Å². The third-order valence-electron chi connectivity index (χ3n) is 5.06. The van der Waals surface area contributed by atoms with Gasteiger partial charge in [0.05, 0.1) is 20.3 Å². The first-order chi connectivity index (χ1) is 13.5. The number of aromatic hydroxyl groups is 1. The second kappa shape index (κ2) is 8.80. The van der Waals surface area contributed by atoms with Crippen molar-refractivity contribution in [1.82, 2.24) is 4.90 Å². The van der Waals surface area contributed by atoms with Crippen molar-refractivity contribution < 1.29 is 19.4 Å². The van der Waals surface area contributed by atoms with E-state index in [0.29, 0.717) is 23.7 Å². The minimum Gasteiger partial charge on any atom is -0.508 e. The zero-order valence-electron chi connectivity index (χ0n) is 16.4. The number of ether oxygens (including phenoxy) is 2. The van der Waals surface area contributed by atoms with Crippen molar-refractivity contribution in [3.8, 4) is 17.2 Å². The maximum absolute atomic E-state index is 12.7. The molecule has 1 aliphatic heterocycles. The Morgan fingerprint density at radius 2 is 1.82 bits per heavy atom. The molecule has 2 N–H and O–H groups in total. The number of carbonyl (C=O) groups excluding carboxylic acids is 1. The number of amides is 1. The fourth-order valence-electron chi connectivity index (χ4n) is 3.30. The highest BCUT2D eigenvalue weighted by molar-refractivity contribution is 5.95. The first-order valence-corrected chi connectivity index (χ1v) is 9.27. The molecule has 28 heavy (non-hydrogen) atoms. The summed E-state index contributed by atoms with van der Waals surface area (Å²) in [7, 11) is 3.15. The number of methoxy groups -OCH3 is 2. The van der Waals surface area contributed by atoms with Gasteiger partial charge in [-0.05, 0) is 48.7 Å². The third-order valence-corrected chi connectivity index (χ3v) is 5.06. The van der Waals surface area contributed by atoms with Gasteiger partial charge in [-0.1, -0.05) is 18.2 Å². The van der Waals surface area contributed by atoms with Crippen LogP contribution in [-0.4, -0.2) is 49.3 Å². The molecule has 0 saturated heterocycles. The van der Waals surface area contributed by atoms with Crippen LogP contribution in [0.25, 0.3) is 5.57 Å². The Morgan fingerprint density at radius 3 is 2.43 bits per heavy atom. The van der Waals surface area contributed by atoms with E-state index in [1.807, 2.05) is 19.1 Å². The zero-order valence-corrected chi connectivity index (χ0v) is 16.4. The molecule has 1 atom stereocenters. The topological polar surface area (TPSA) is 71.0 Å². The lowest BCUT2D eigenvalue weighted by molar-refractivity contribution is -0.120. The fraction of sp³-hybridized carbons (Fsp3) is 0.318. The Morgan fingerprint density at radius 1 is 1.11 bits per heavy atom. The van der Waals surface area contributed by atoms with Gasteiger partial charge in [-0.15, -0.1) is 0 Å². The highest BCUT2D eigenvalue weighted by Gasteiger charge is 2.23. The van der Waals surface area contributed by atoms with Gasteiger partial charge in [0.25, 0.3) is 0 Å². The molecule has 0 aromatic heterocycles. The molecule has 2 aromatic rings. The molecular formula is C22H26N2O4. The van der Waals surface area contributed by atoms with E-state index in [-0.39, 0.29) is 17.7 Å². The van der Waals surface area contributed by atoms with Crippen molar-refractivity contribution in [3.63, 3.8) is 0 Å². The van der Waals surface area contributed by atoms with Crippen LogP contribution in [0, 0.1) is 0 Å². The molecule has 148 valence electrons. The number of nitrogens with one attached hydrogen (secondary N) is 1. The van der Waals surface area contributed by atoms with Gasteiger partial charge < -0.3 is 19.9 Å². The Balaban J connectivity index is 1.62. The van der Waals surface area contributed by atoms with Gasteiger partial charge in [0.15, 0.2) is 11.5 Å². The molecule has 0 bridgehead atoms. The van der Waals surface area contributed by atoms with Gasteiger partial charge >= 0.3 is 0 Å². The predicted molar refractivity (Wildman–Crippen MR) is 110 cm³/mol. The number of benzene rings is 2. The minimum atomic E-state index is -0.259. The Labute approximate surface area is 165 Å². The number of anilines is 1. The lowest BCUT2D eigenvalue weighted by Gasteiger charge is -2.31. The number of phenols is 1. The van der Waals surface area contributed by atoms with Crippen LogP contribution in [0.2, 0.25) is 0 Å². The van der Waals surface area contributed by atoms with E-state index in [2.05, 4.69) is 16.3 Å². The molecule has 0 aliphatic carbocycles. The molecule has 6 nitrogen and oxygen atoms in total. The average Bonchev–Trinajstić information content (AvgIpc) is 2.73. The highest BCUT2D eigenvalue weighted by Crippen LogP contribution is 2.30. The number of hydrogen-bond acceptors (Lipinski definition) is 5. The van der Waals surface area contributed by atoms with Crippen molar-refractivity contribution in [2.24, 2.45) is 0 Å². The summed E-state index contributed by atoms with van der Waals surface area (Å²) in [4.78, 5) is 14.8. The Kier molecular flexibility index (Phi) is 6.21. The third kappa shape index (κ3) is 4.46. The van der Waals surface area contributed by atoms with Crippen LogP contribution < -0.4 is 14.8 Å². The normalized spacial score (nSPS) is 15.5. The summed E-state index contributed by atoms with van der Waals surface area (Å²) in [5.41, 5.74) is 3.02. The molecular weight excluding hydrogens is 356 g/mol. The summed E-state index contributed by atoms with van der Waals surface area (Å²) in [5, 5.41) is 12.4. The molecule has 6 heteroatoms. The molecule has 1 unspecified atom stereocenters. The van der Waals surface area contributed by atoms with Crippen LogP contribution in [0.1, 0.15) is 18.9 Å². The molecule has 1 heterocycles. The zero-order chi connectivity index (χ0) is 20.1. The van der Waals surface area contributed by atoms with E-state index in [4.69, 9.17) is 9.47 Å². The number of phenolic OH excluding ortho intramolecular Hbond substituents is 1. The Bertz CT molecular complexity index is 861. The SMILES string of the molecule is COc1ccc(NC(=O)C(C)N2CC=C(c3ccc(O)cc3)CC2)cc1OC. The lowest BCUT2D eigenvalue weighted by Crippen LogP contribution is -2.44. The van der Waals surface area contributed by atoms with Crippen molar-refractivity contribution in [2.45, 2.75) is 19.4 Å². The summed E-state index contributed by atoms with van der Waals surface area (Å²) in [6.07, 6.45) is 3.01. The van der Waals surface area contributed by atoms with E-state index < -0.39 is 0 Å². The van der Waals surface area contributed by atoms with Gasteiger partial charge in [-0.25, -0.2) is 0 Å². The van der Waals surface area contributed by atoms with Crippen molar-refractivity contribution >= 4 is 17.2 Å². The molecule has 3 rings (SSSR count). The summed E-state index contributed by atoms with van der Waals surface area (Å²) in [6.45, 7) is 3.42. The minimum absolute atomic E-state index is 0.0614. The summed E-state index contributed by atoms with van der Waals surface area (Å²) < 4.78 is 10.5. The molecule has 1 amide bonds. The quantitative estimate of drug-likeness (QED) is 0.800. The van der Waals surface area contributed by atoms with Gasteiger partial charge in [0.1, 0.15) is 5.75 Å². The molecule has 1 aliphatic rings. The number of nitrogens with zero attached hydrogens (tertiary/aromatic N) is 1. The average molecular weight is 382 g/mol. The van der Waals surface area contributed by atoms with Crippen LogP contribution in [0.5, 0.6) is 17.2 Å². The van der Waals surface area contributed by atoms with E-state index in [9.17, 15) is 9.90 Å². The van der Waals surface area contributed by atoms with Crippen LogP contribution in [0.15, 0.2) is 48.5 Å². The lowest BCUT2D eigenvalue weighted by atomic mass is 9.98. The van der Waals surface area contributed by atoms with Gasteiger partial charge in [0.2, 0.25) is 5.91 Å². The summed E-state index contributed by atoms with van der Waals surface area (Å²) in [5.74, 6) is 1.40. The molecule has 0 spiro atoms. The number of rotatable bonds is 6. The molecule has 2 aromatic carbocycles. The largest absolute Gasteiger partial charge is 0.508 e. The van der Waals surface area contributed by atoms with Crippen LogP contribution in [0.4, 0.5) is 5.69 Å². The van der Waals surface area contributed by atoms with E-state index in [1.54, 1.807) is 44.6 Å². The van der Waals surface area contributed by atoms with Crippen molar-refractivity contribution in [1.29, 1.82) is 0 Å². The molecule has 0 fully saturated rings. The Hall–Kier alpha value is -2.99. The van der Waals surface area contributed by atoms with Gasteiger partial charge in [-0.3, -0.25) is 9.69 Å².